The van der Waals surface area contributed by atoms with E-state index in [1.54, 1.807) is 30.0 Å². The molecule has 2 aliphatic rings. The molecular weight excluding hydrogens is 517 g/mol. The average molecular weight is 553 g/mol. The van der Waals surface area contributed by atoms with E-state index in [4.69, 9.17) is 9.15 Å². The molecule has 2 aliphatic heterocycles. The van der Waals surface area contributed by atoms with E-state index in [-0.39, 0.29) is 50.4 Å². The summed E-state index contributed by atoms with van der Waals surface area (Å²) in [5.74, 6) is -0.640. The molecule has 1 unspecified atom stereocenters. The number of para-hydroxylation sites is 1. The van der Waals surface area contributed by atoms with Crippen molar-refractivity contribution in [1.29, 1.82) is 0 Å². The predicted octanol–water partition coefficient (Wildman–Crippen LogP) is 3.81. The van der Waals surface area contributed by atoms with Crippen molar-refractivity contribution in [3.63, 3.8) is 0 Å². The third-order valence-corrected chi connectivity index (χ3v) is 7.67. The highest BCUT2D eigenvalue weighted by molar-refractivity contribution is 5.86. The van der Waals surface area contributed by atoms with E-state index in [0.29, 0.717) is 55.5 Å². The van der Waals surface area contributed by atoms with Gasteiger partial charge in [0.2, 0.25) is 0 Å². The molecule has 10 nitrogen and oxygen atoms in total. The number of quaternary nitrogens is 1. The van der Waals surface area contributed by atoms with Crippen molar-refractivity contribution in [1.82, 2.24) is 14.8 Å². The number of anilines is 2. The van der Waals surface area contributed by atoms with E-state index in [2.05, 4.69) is 10.3 Å². The Labute approximate surface area is 232 Å². The lowest BCUT2D eigenvalue weighted by atomic mass is 10.1. The number of benzene rings is 2. The lowest BCUT2D eigenvalue weighted by molar-refractivity contribution is -0.765. The molecule has 40 heavy (non-hydrogen) atoms. The Morgan fingerprint density at radius 1 is 1.15 bits per heavy atom. The number of fused-ring (bicyclic) bond motifs is 1. The van der Waals surface area contributed by atoms with Gasteiger partial charge in [0.1, 0.15) is 12.1 Å². The molecule has 2 saturated heterocycles. The van der Waals surface area contributed by atoms with E-state index in [1.165, 1.54) is 0 Å². The van der Waals surface area contributed by atoms with Gasteiger partial charge in [0.15, 0.2) is 11.8 Å². The molecule has 3 heterocycles. The molecule has 1 aromatic heterocycles. The Hall–Kier alpha value is -3.83. The second-order valence-corrected chi connectivity index (χ2v) is 10.4. The van der Waals surface area contributed by atoms with Gasteiger partial charge in [-0.1, -0.05) is 24.3 Å². The molecular formula is C29H35FN5O5+. The lowest BCUT2D eigenvalue weighted by Gasteiger charge is -2.38. The molecule has 0 spiro atoms. The quantitative estimate of drug-likeness (QED) is 0.349. The smallest absolute Gasteiger partial charge is 0.426 e. The van der Waals surface area contributed by atoms with Crippen LogP contribution in [0, 0.1) is 6.92 Å². The van der Waals surface area contributed by atoms with Gasteiger partial charge in [-0.3, -0.25) is 14.6 Å². The first-order valence-electron chi connectivity index (χ1n) is 13.7. The standard InChI is InChI=1S/C29H35FN5O5/c1-3-39-27(37)18-33-11-13-34(14-12-33)29(38)35(15-10-22(30)19-35)26(36)17-21-8-9-24-25(16-21)40-28(32-24)31-23-7-5-4-6-20(23)2/h4-9,16,22H,3,10-15,17-19H2,1-2H3,(H,31,32)/q+1/t22-,35?/m0/s1. The number of likely N-dealkylation sites (tertiary alicyclic amines) is 1. The van der Waals surface area contributed by atoms with Crippen LogP contribution in [0.25, 0.3) is 11.1 Å². The Bertz CT molecular complexity index is 1400. The first-order chi connectivity index (χ1) is 19.3. The predicted molar refractivity (Wildman–Crippen MR) is 147 cm³/mol. The van der Waals surface area contributed by atoms with Crippen molar-refractivity contribution in [2.24, 2.45) is 0 Å². The zero-order valence-corrected chi connectivity index (χ0v) is 22.9. The highest BCUT2D eigenvalue weighted by Gasteiger charge is 2.53. The van der Waals surface area contributed by atoms with Crippen LogP contribution in [-0.4, -0.2) is 95.8 Å². The Morgan fingerprint density at radius 2 is 1.93 bits per heavy atom. The van der Waals surface area contributed by atoms with E-state index < -0.39 is 10.7 Å². The normalized spacial score (nSPS) is 21.5. The number of esters is 1. The topological polar surface area (TPSA) is 105 Å². The molecule has 2 fully saturated rings. The molecule has 11 heteroatoms. The molecule has 0 aliphatic carbocycles. The van der Waals surface area contributed by atoms with Crippen molar-refractivity contribution in [3.05, 3.63) is 53.6 Å². The van der Waals surface area contributed by atoms with Crippen LogP contribution in [0.1, 0.15) is 24.5 Å². The first kappa shape index (κ1) is 27.7. The number of carbonyl (C=O) groups is 3. The number of alkyl halides is 1. The summed E-state index contributed by atoms with van der Waals surface area (Å²) >= 11 is 0. The van der Waals surface area contributed by atoms with Gasteiger partial charge in [-0.2, -0.15) is 9.47 Å². The van der Waals surface area contributed by atoms with Crippen LogP contribution in [0.2, 0.25) is 0 Å². The number of imide groups is 1. The SMILES string of the molecule is CCOC(=O)CN1CCN(C(=O)[N+]2(C(=O)Cc3ccc4nc(Nc5ccccc5C)oc4c3)CC[C@H](F)C2)CC1. The van der Waals surface area contributed by atoms with Gasteiger partial charge < -0.3 is 14.5 Å². The van der Waals surface area contributed by atoms with Gasteiger partial charge in [-0.15, -0.1) is 0 Å². The van der Waals surface area contributed by atoms with Crippen molar-refractivity contribution < 1.29 is 32.4 Å². The molecule has 5 rings (SSSR count). The fourth-order valence-corrected chi connectivity index (χ4v) is 5.43. The minimum Gasteiger partial charge on any atom is -0.465 e. The van der Waals surface area contributed by atoms with Gasteiger partial charge in [0.05, 0.1) is 26.1 Å². The number of piperazine rings is 1. The monoisotopic (exact) mass is 552 g/mol. The maximum Gasteiger partial charge on any atom is 0.426 e. The molecule has 3 amide bonds. The number of rotatable bonds is 7. The summed E-state index contributed by atoms with van der Waals surface area (Å²) in [4.78, 5) is 47.3. The number of nitrogens with zero attached hydrogens (tertiary/aromatic N) is 4. The third-order valence-electron chi connectivity index (χ3n) is 7.67. The summed E-state index contributed by atoms with van der Waals surface area (Å²) in [6, 6.07) is 13.1. The number of nitrogens with one attached hydrogen (secondary N) is 1. The number of aryl methyl sites for hydroxylation is 1. The highest BCUT2D eigenvalue weighted by atomic mass is 19.1. The van der Waals surface area contributed by atoms with Gasteiger partial charge in [-0.05, 0) is 43.2 Å². The Morgan fingerprint density at radius 3 is 2.62 bits per heavy atom. The average Bonchev–Trinajstić information content (AvgIpc) is 3.53. The van der Waals surface area contributed by atoms with Crippen molar-refractivity contribution in [3.8, 4) is 0 Å². The zero-order valence-electron chi connectivity index (χ0n) is 22.9. The van der Waals surface area contributed by atoms with E-state index in [9.17, 15) is 18.8 Å². The van der Waals surface area contributed by atoms with Crippen LogP contribution >= 0.6 is 0 Å². The van der Waals surface area contributed by atoms with E-state index in [1.807, 2.05) is 36.1 Å². The first-order valence-corrected chi connectivity index (χ1v) is 13.7. The van der Waals surface area contributed by atoms with Crippen LogP contribution in [-0.2, 0) is 20.7 Å². The van der Waals surface area contributed by atoms with Gasteiger partial charge in [0.25, 0.3) is 6.01 Å². The fraction of sp³-hybridized carbons (Fsp3) is 0.448. The van der Waals surface area contributed by atoms with Crippen molar-refractivity contribution in [2.45, 2.75) is 32.9 Å². The third kappa shape index (κ3) is 5.85. The second kappa shape index (κ2) is 11.7. The van der Waals surface area contributed by atoms with Crippen LogP contribution < -0.4 is 5.32 Å². The summed E-state index contributed by atoms with van der Waals surface area (Å²) in [5, 5.41) is 3.18. The van der Waals surface area contributed by atoms with Crippen LogP contribution in [0.15, 0.2) is 46.9 Å². The summed E-state index contributed by atoms with van der Waals surface area (Å²) < 4.78 is 24.9. The van der Waals surface area contributed by atoms with Crippen LogP contribution in [0.5, 0.6) is 0 Å². The van der Waals surface area contributed by atoms with Crippen molar-refractivity contribution in [2.75, 3.05) is 57.7 Å². The molecule has 0 bridgehead atoms. The van der Waals surface area contributed by atoms with E-state index >= 15 is 0 Å². The molecule has 0 radical (unpaired) electrons. The summed E-state index contributed by atoms with van der Waals surface area (Å²) in [6.45, 7) is 5.90. The van der Waals surface area contributed by atoms with Gasteiger partial charge in [0, 0.05) is 38.3 Å². The Kier molecular flexibility index (Phi) is 8.13. The van der Waals surface area contributed by atoms with Gasteiger partial charge >= 0.3 is 17.9 Å². The van der Waals surface area contributed by atoms with Crippen LogP contribution in [0.4, 0.5) is 20.9 Å². The number of carbonyl (C=O) groups excluding carboxylic acids is 3. The number of hydrogen-bond acceptors (Lipinski definition) is 8. The number of halogens is 1. The van der Waals surface area contributed by atoms with Crippen LogP contribution in [0.3, 0.4) is 0 Å². The number of hydrogen-bond donors (Lipinski definition) is 1. The zero-order chi connectivity index (χ0) is 28.3. The second-order valence-electron chi connectivity index (χ2n) is 10.4. The number of amides is 3. The maximum absolute atomic E-state index is 14.5. The number of aromatic nitrogens is 1. The molecule has 1 N–H and O–H groups in total. The summed E-state index contributed by atoms with van der Waals surface area (Å²) in [5.41, 5.74) is 3.75. The summed E-state index contributed by atoms with van der Waals surface area (Å²) in [6.07, 6.45) is -1.08. The molecule has 212 valence electrons. The number of ether oxygens (including phenoxy) is 1. The molecule has 2 atom stereocenters. The lowest BCUT2D eigenvalue weighted by Crippen LogP contribution is -2.64. The fourth-order valence-electron chi connectivity index (χ4n) is 5.43. The van der Waals surface area contributed by atoms with Crippen molar-refractivity contribution >= 4 is 40.7 Å². The van der Waals surface area contributed by atoms with Gasteiger partial charge in [-0.25, -0.2) is 14.0 Å². The minimum atomic E-state index is -1.22. The molecule has 3 aromatic rings. The van der Waals surface area contributed by atoms with E-state index in [0.717, 1.165) is 11.3 Å². The number of oxazole rings is 1. The Balaban J connectivity index is 1.28. The summed E-state index contributed by atoms with van der Waals surface area (Å²) in [7, 11) is 0. The largest absolute Gasteiger partial charge is 0.465 e. The number of urea groups is 1. The molecule has 0 saturated carbocycles. The molecule has 2 aromatic carbocycles. The minimum absolute atomic E-state index is 0.0293. The maximum atomic E-state index is 14.5. The highest BCUT2D eigenvalue weighted by Crippen LogP contribution is 2.29.